The Labute approximate surface area is 383 Å². The molecule has 2 fully saturated rings. The van der Waals surface area contributed by atoms with E-state index in [1.165, 1.54) is 29.4 Å². The number of hydrogen-bond acceptors (Lipinski definition) is 12. The number of benzene rings is 5. The summed E-state index contributed by atoms with van der Waals surface area (Å²) in [5.41, 5.74) is 8.33. The van der Waals surface area contributed by atoms with Crippen LogP contribution in [-0.4, -0.2) is 57.9 Å². The first-order valence-corrected chi connectivity index (χ1v) is 22.0. The largest absolute Gasteiger partial charge is 0.471 e. The second kappa shape index (κ2) is 15.3. The number of nitrogens with two attached hydrogens (primary N) is 1. The van der Waals surface area contributed by atoms with Crippen molar-refractivity contribution >= 4 is 57.0 Å². The van der Waals surface area contributed by atoms with E-state index in [1.807, 2.05) is 60.7 Å². The number of halogens is 3. The Morgan fingerprint density at radius 1 is 0.794 bits per heavy atom. The highest BCUT2D eigenvalue weighted by atomic mass is 19.4. The lowest BCUT2D eigenvalue weighted by molar-refractivity contribution is -0.136. The summed E-state index contributed by atoms with van der Waals surface area (Å²) < 4.78 is 61.0. The lowest BCUT2D eigenvalue weighted by Gasteiger charge is -2.45. The van der Waals surface area contributed by atoms with E-state index in [-0.39, 0.29) is 52.8 Å². The van der Waals surface area contributed by atoms with Crippen LogP contribution >= 0.6 is 0 Å². The van der Waals surface area contributed by atoms with Gasteiger partial charge >= 0.3 is 11.8 Å². The summed E-state index contributed by atoms with van der Waals surface area (Å²) in [5, 5.41) is 2.68. The maximum Gasteiger partial charge on any atom is 0.417 e. The molecule has 8 aromatic rings. The van der Waals surface area contributed by atoms with Gasteiger partial charge in [0, 0.05) is 107 Å². The molecule has 0 atom stereocenters. The smallest absolute Gasteiger partial charge is 0.417 e. The van der Waals surface area contributed by atoms with Crippen LogP contribution in [0.15, 0.2) is 119 Å². The number of hydrogen-bond donors (Lipinski definition) is 3. The third kappa shape index (κ3) is 6.57. The number of nitrogens with one attached hydrogen (secondary N) is 2. The summed E-state index contributed by atoms with van der Waals surface area (Å²) in [6.07, 6.45) is -1.29. The van der Waals surface area contributed by atoms with Crippen molar-refractivity contribution in [3.05, 3.63) is 164 Å². The van der Waals surface area contributed by atoms with E-state index in [2.05, 4.69) is 35.1 Å². The number of ether oxygens (including phenoxy) is 2. The summed E-state index contributed by atoms with van der Waals surface area (Å²) in [7, 11) is 0. The van der Waals surface area contributed by atoms with Gasteiger partial charge in [0.15, 0.2) is 11.2 Å². The summed E-state index contributed by atoms with van der Waals surface area (Å²) in [6.45, 7) is 3.80. The average Bonchev–Trinajstić information content (AvgIpc) is 3.86. The van der Waals surface area contributed by atoms with Gasteiger partial charge < -0.3 is 39.7 Å². The monoisotopic (exact) mass is 917 g/mol. The summed E-state index contributed by atoms with van der Waals surface area (Å²) >= 11 is 0. The molecule has 2 amide bonds. The van der Waals surface area contributed by atoms with E-state index >= 15 is 4.79 Å². The minimum absolute atomic E-state index is 0.0482. The fourth-order valence-electron chi connectivity index (χ4n) is 9.64. The Balaban J connectivity index is 0.936. The molecule has 3 aromatic heterocycles. The van der Waals surface area contributed by atoms with Crippen LogP contribution in [0.5, 0.6) is 17.4 Å². The lowest BCUT2D eigenvalue weighted by Crippen LogP contribution is -2.48. The molecule has 4 aliphatic rings. The van der Waals surface area contributed by atoms with Crippen LogP contribution in [0.2, 0.25) is 0 Å². The maximum absolute atomic E-state index is 15.3. The molecule has 68 heavy (non-hydrogen) atoms. The zero-order valence-electron chi connectivity index (χ0n) is 35.9. The number of carbonyl (C=O) groups is 2. The van der Waals surface area contributed by atoms with Crippen LogP contribution in [0.25, 0.3) is 22.1 Å². The number of aromatic nitrogens is 4. The van der Waals surface area contributed by atoms with Gasteiger partial charge in [-0.1, -0.05) is 36.4 Å². The number of amides is 2. The molecule has 0 unspecified atom stereocenters. The molecule has 4 aliphatic heterocycles. The Bertz CT molecular complexity index is 3390. The van der Waals surface area contributed by atoms with E-state index in [1.54, 1.807) is 18.2 Å². The minimum Gasteiger partial charge on any atom is -0.471 e. The van der Waals surface area contributed by atoms with Gasteiger partial charge in [0.05, 0.1) is 11.9 Å². The summed E-state index contributed by atoms with van der Waals surface area (Å²) in [4.78, 5) is 63.5. The van der Waals surface area contributed by atoms with Crippen LogP contribution in [0.1, 0.15) is 66.9 Å². The standard InChI is InChI=1S/C50H38F3N9O6/c51-50(52,53)38-23-42(63)68-39-22-32(8-12-33(38)39)62-47(65)34-11-7-29(45(64)55-24-27-3-5-28(6-4-27)25-66-46-43-44(57-26-56-43)58-48(54)59-46)19-37(34)49(62)35-13-9-30(60-15-1-16-60)20-40(35)67-41-21-31(10-14-36(41)49)61-17-2-18-61/h3-14,19-23,26H,1-2,15-18,24-25H2,(H,55,64)(H3,54,56,57,58,59). The van der Waals surface area contributed by atoms with Crippen LogP contribution in [0, 0.1) is 0 Å². The fraction of sp³-hybridized carbons (Fsp3) is 0.200. The number of fused-ring (bicyclic) bond motifs is 8. The molecule has 18 heteroatoms. The number of nitrogens with zero attached hydrogens (tertiary/aromatic N) is 6. The molecular weight excluding hydrogens is 880 g/mol. The zero-order chi connectivity index (χ0) is 46.5. The first-order chi connectivity index (χ1) is 32.9. The Morgan fingerprint density at radius 2 is 1.47 bits per heavy atom. The summed E-state index contributed by atoms with van der Waals surface area (Å²) in [5.74, 6) is 0.341. The average molecular weight is 918 g/mol. The second-order valence-electron chi connectivity index (χ2n) is 17.2. The molecule has 12 rings (SSSR count). The Hall–Kier alpha value is -8.41. The maximum atomic E-state index is 15.3. The van der Waals surface area contributed by atoms with Crippen molar-refractivity contribution in [2.75, 3.05) is 46.6 Å². The molecule has 5 aromatic carbocycles. The highest BCUT2D eigenvalue weighted by molar-refractivity contribution is 6.15. The van der Waals surface area contributed by atoms with Gasteiger partial charge in [-0.3, -0.25) is 14.5 Å². The van der Waals surface area contributed by atoms with Crippen LogP contribution < -0.4 is 40.8 Å². The van der Waals surface area contributed by atoms with Crippen LogP contribution in [-0.2, 0) is 24.9 Å². The van der Waals surface area contributed by atoms with Gasteiger partial charge in [-0.15, -0.1) is 0 Å². The number of anilines is 4. The molecule has 0 saturated carbocycles. The predicted octanol–water partition coefficient (Wildman–Crippen LogP) is 8.05. The minimum atomic E-state index is -4.85. The van der Waals surface area contributed by atoms with Gasteiger partial charge in [-0.2, -0.15) is 23.1 Å². The molecule has 1 spiro atoms. The van der Waals surface area contributed by atoms with E-state index in [0.29, 0.717) is 45.4 Å². The molecule has 0 aliphatic carbocycles. The molecular formula is C50H38F3N9O6. The first kappa shape index (κ1) is 41.1. The van der Waals surface area contributed by atoms with Crippen molar-refractivity contribution in [2.24, 2.45) is 0 Å². The molecule has 0 radical (unpaired) electrons. The normalized spacial score (nSPS) is 15.7. The van der Waals surface area contributed by atoms with Gasteiger partial charge in [0.25, 0.3) is 11.8 Å². The van der Waals surface area contributed by atoms with E-state index in [4.69, 9.17) is 19.6 Å². The van der Waals surface area contributed by atoms with Crippen LogP contribution in [0.4, 0.5) is 36.2 Å². The quantitative estimate of drug-likeness (QED) is 0.119. The van der Waals surface area contributed by atoms with Gasteiger partial charge in [-0.25, -0.2) is 9.78 Å². The highest BCUT2D eigenvalue weighted by Crippen LogP contribution is 2.60. The zero-order valence-corrected chi connectivity index (χ0v) is 35.9. The number of carbonyl (C=O) groups excluding carboxylic acids is 2. The van der Waals surface area contributed by atoms with Crippen LogP contribution in [0.3, 0.4) is 0 Å². The SMILES string of the molecule is Nc1nc(OCc2ccc(CNC(=O)c3ccc4c(c3)C3(c5ccc(N6CCC6)cc5Oc5cc(N6CCC6)ccc53)N(c3ccc5c(C(F)(F)F)cc(=O)oc5c3)C4=O)cc2)c2nc[nH]c2n1. The third-order valence-corrected chi connectivity index (χ3v) is 13.2. The topological polar surface area (TPSA) is 185 Å². The van der Waals surface area contributed by atoms with Crippen molar-refractivity contribution in [1.82, 2.24) is 25.3 Å². The molecule has 7 heterocycles. The van der Waals surface area contributed by atoms with Crippen molar-refractivity contribution in [2.45, 2.75) is 37.7 Å². The van der Waals surface area contributed by atoms with Crippen molar-refractivity contribution in [3.63, 3.8) is 0 Å². The van der Waals surface area contributed by atoms with Gasteiger partial charge in [-0.05, 0) is 66.4 Å². The van der Waals surface area contributed by atoms with E-state index < -0.39 is 34.7 Å². The number of aromatic amines is 1. The number of H-pyrrole nitrogens is 1. The number of imidazole rings is 1. The number of rotatable bonds is 9. The Morgan fingerprint density at radius 3 is 2.13 bits per heavy atom. The van der Waals surface area contributed by atoms with E-state index in [9.17, 15) is 22.8 Å². The molecule has 4 N–H and O–H groups in total. The van der Waals surface area contributed by atoms with E-state index in [0.717, 1.165) is 61.5 Å². The predicted molar refractivity (Wildman–Crippen MR) is 245 cm³/mol. The molecule has 340 valence electrons. The fourth-order valence-corrected chi connectivity index (χ4v) is 9.64. The van der Waals surface area contributed by atoms with Crippen molar-refractivity contribution in [1.29, 1.82) is 0 Å². The van der Waals surface area contributed by atoms with Crippen molar-refractivity contribution in [3.8, 4) is 17.4 Å². The molecule has 0 bridgehead atoms. The number of alkyl halides is 3. The molecule has 2 saturated heterocycles. The Kier molecular flexibility index (Phi) is 9.25. The van der Waals surface area contributed by atoms with Crippen molar-refractivity contribution < 1.29 is 36.7 Å². The summed E-state index contributed by atoms with van der Waals surface area (Å²) in [6, 6.07) is 28.4. The highest BCUT2D eigenvalue weighted by Gasteiger charge is 2.57. The molecule has 15 nitrogen and oxygen atoms in total. The second-order valence-corrected chi connectivity index (χ2v) is 17.2. The van der Waals surface area contributed by atoms with Gasteiger partial charge in [0.1, 0.15) is 29.2 Å². The first-order valence-electron chi connectivity index (χ1n) is 22.0. The lowest BCUT2D eigenvalue weighted by atomic mass is 9.74. The van der Waals surface area contributed by atoms with Gasteiger partial charge in [0.2, 0.25) is 11.8 Å². The third-order valence-electron chi connectivity index (χ3n) is 13.2. The number of nitrogen functional groups attached to an aromatic ring is 1.